The number of aromatic nitrogens is 1. The van der Waals surface area contributed by atoms with Crippen LogP contribution in [0.5, 0.6) is 0 Å². The van der Waals surface area contributed by atoms with Gasteiger partial charge in [0.1, 0.15) is 10.8 Å². The minimum atomic E-state index is -3.72. The summed E-state index contributed by atoms with van der Waals surface area (Å²) in [5.41, 5.74) is 1.31. The number of rotatable bonds is 7. The molecule has 160 valence electrons. The van der Waals surface area contributed by atoms with Crippen molar-refractivity contribution in [2.24, 2.45) is 0 Å². The van der Waals surface area contributed by atoms with Gasteiger partial charge >= 0.3 is 0 Å². The zero-order chi connectivity index (χ0) is 22.0. The van der Waals surface area contributed by atoms with E-state index in [1.54, 1.807) is 35.4 Å². The monoisotopic (exact) mass is 455 g/mol. The number of nitrogens with one attached hydrogen (secondary N) is 1. The SMILES string of the molecule is C[C@@H](c1nc2ccccc2s1)N(C)C(=O)c1ccc(S(=O)(=O)NCc2ccco2)cc1. The number of carbonyl (C=O) groups excluding carboxylic acids is 1. The molecule has 1 atom stereocenters. The van der Waals surface area contributed by atoms with E-state index in [-0.39, 0.29) is 23.4 Å². The van der Waals surface area contributed by atoms with Crippen molar-refractivity contribution in [1.82, 2.24) is 14.6 Å². The number of hydrogen-bond donors (Lipinski definition) is 1. The van der Waals surface area contributed by atoms with Crippen molar-refractivity contribution in [3.63, 3.8) is 0 Å². The highest BCUT2D eigenvalue weighted by Crippen LogP contribution is 2.29. The van der Waals surface area contributed by atoms with E-state index in [1.165, 1.54) is 30.5 Å². The molecule has 0 radical (unpaired) electrons. The molecule has 0 aliphatic heterocycles. The van der Waals surface area contributed by atoms with Gasteiger partial charge in [-0.25, -0.2) is 18.1 Å². The molecule has 2 heterocycles. The van der Waals surface area contributed by atoms with Gasteiger partial charge in [-0.05, 0) is 55.5 Å². The van der Waals surface area contributed by atoms with Crippen molar-refractivity contribution in [3.05, 3.63) is 83.3 Å². The predicted molar refractivity (Wildman–Crippen MR) is 119 cm³/mol. The van der Waals surface area contributed by atoms with Gasteiger partial charge in [-0.3, -0.25) is 4.79 Å². The molecule has 0 saturated carbocycles. The van der Waals surface area contributed by atoms with Crippen LogP contribution >= 0.6 is 11.3 Å². The number of carbonyl (C=O) groups is 1. The second-order valence-electron chi connectivity index (χ2n) is 7.04. The van der Waals surface area contributed by atoms with Crippen LogP contribution in [0.1, 0.15) is 34.1 Å². The Labute approximate surface area is 184 Å². The first-order valence-corrected chi connectivity index (χ1v) is 11.9. The van der Waals surface area contributed by atoms with Gasteiger partial charge in [-0.15, -0.1) is 11.3 Å². The molecular formula is C22H21N3O4S2. The quantitative estimate of drug-likeness (QED) is 0.451. The fourth-order valence-electron chi connectivity index (χ4n) is 3.05. The van der Waals surface area contributed by atoms with Crippen LogP contribution in [0.25, 0.3) is 10.2 Å². The van der Waals surface area contributed by atoms with E-state index in [1.807, 2.05) is 31.2 Å². The minimum Gasteiger partial charge on any atom is -0.468 e. The summed E-state index contributed by atoms with van der Waals surface area (Å²) < 4.78 is 33.6. The summed E-state index contributed by atoms with van der Waals surface area (Å²) in [7, 11) is -2.00. The molecule has 0 aliphatic rings. The lowest BCUT2D eigenvalue weighted by molar-refractivity contribution is 0.0742. The van der Waals surface area contributed by atoms with E-state index in [4.69, 9.17) is 4.42 Å². The second kappa shape index (κ2) is 8.62. The number of nitrogens with zero attached hydrogens (tertiary/aromatic N) is 2. The molecule has 0 unspecified atom stereocenters. The Morgan fingerprint density at radius 2 is 1.87 bits per heavy atom. The van der Waals surface area contributed by atoms with Gasteiger partial charge in [0, 0.05) is 12.6 Å². The Morgan fingerprint density at radius 3 is 2.55 bits per heavy atom. The number of para-hydroxylation sites is 1. The van der Waals surface area contributed by atoms with Gasteiger partial charge in [0.2, 0.25) is 10.0 Å². The van der Waals surface area contributed by atoms with Crippen LogP contribution in [-0.4, -0.2) is 31.3 Å². The Bertz CT molecular complexity index is 1260. The summed E-state index contributed by atoms with van der Waals surface area (Å²) in [6.07, 6.45) is 1.48. The van der Waals surface area contributed by atoms with E-state index in [9.17, 15) is 13.2 Å². The highest BCUT2D eigenvalue weighted by molar-refractivity contribution is 7.89. The van der Waals surface area contributed by atoms with Crippen molar-refractivity contribution >= 4 is 37.5 Å². The van der Waals surface area contributed by atoms with Crippen LogP contribution in [0.4, 0.5) is 0 Å². The summed E-state index contributed by atoms with van der Waals surface area (Å²) in [5.74, 6) is 0.306. The number of amides is 1. The van der Waals surface area contributed by atoms with Crippen LogP contribution < -0.4 is 4.72 Å². The largest absolute Gasteiger partial charge is 0.468 e. The van der Waals surface area contributed by atoms with E-state index in [0.29, 0.717) is 11.3 Å². The molecule has 31 heavy (non-hydrogen) atoms. The van der Waals surface area contributed by atoms with Crippen molar-refractivity contribution in [1.29, 1.82) is 0 Å². The topological polar surface area (TPSA) is 92.5 Å². The Balaban J connectivity index is 1.46. The van der Waals surface area contributed by atoms with Gasteiger partial charge < -0.3 is 9.32 Å². The fourth-order valence-corrected chi connectivity index (χ4v) is 5.11. The summed E-state index contributed by atoms with van der Waals surface area (Å²) in [4.78, 5) is 19.3. The third-order valence-corrected chi connectivity index (χ3v) is 7.62. The maximum Gasteiger partial charge on any atom is 0.254 e. The number of furan rings is 1. The van der Waals surface area contributed by atoms with Gasteiger partial charge in [0.15, 0.2) is 0 Å². The maximum absolute atomic E-state index is 12.9. The van der Waals surface area contributed by atoms with Crippen LogP contribution in [0.15, 0.2) is 76.2 Å². The number of thiazole rings is 1. The Morgan fingerprint density at radius 1 is 1.13 bits per heavy atom. The predicted octanol–water partition coefficient (Wildman–Crippen LogP) is 4.20. The summed E-state index contributed by atoms with van der Waals surface area (Å²) in [6, 6.07) is 16.9. The van der Waals surface area contributed by atoms with E-state index < -0.39 is 10.0 Å². The fraction of sp³-hybridized carbons (Fsp3) is 0.182. The third-order valence-electron chi connectivity index (χ3n) is 5.00. The molecule has 0 fully saturated rings. The van der Waals surface area contributed by atoms with Gasteiger partial charge in [-0.2, -0.15) is 0 Å². The standard InChI is InChI=1S/C22H21N3O4S2/c1-15(21-24-19-7-3-4-8-20(19)30-21)25(2)22(26)16-9-11-18(12-10-16)31(27,28)23-14-17-6-5-13-29-17/h3-13,15,23H,14H2,1-2H3/t15-/m0/s1. The first kappa shape index (κ1) is 21.2. The molecule has 2 aromatic heterocycles. The van der Waals surface area contributed by atoms with Crippen LogP contribution in [0.3, 0.4) is 0 Å². The van der Waals surface area contributed by atoms with Gasteiger partial charge in [0.25, 0.3) is 5.91 Å². The number of hydrogen-bond acceptors (Lipinski definition) is 6. The molecule has 0 spiro atoms. The molecule has 4 aromatic rings. The molecule has 4 rings (SSSR count). The molecule has 0 saturated heterocycles. The Kier molecular flexibility index (Phi) is 5.90. The van der Waals surface area contributed by atoms with E-state index in [2.05, 4.69) is 9.71 Å². The molecule has 2 aromatic carbocycles. The first-order valence-electron chi connectivity index (χ1n) is 9.60. The number of sulfonamides is 1. The van der Waals surface area contributed by atoms with Crippen molar-refractivity contribution in [3.8, 4) is 0 Å². The zero-order valence-electron chi connectivity index (χ0n) is 17.0. The third kappa shape index (κ3) is 4.53. The first-order chi connectivity index (χ1) is 14.8. The van der Waals surface area contributed by atoms with Crippen molar-refractivity contribution < 1.29 is 17.6 Å². The molecule has 0 aliphatic carbocycles. The second-order valence-corrected chi connectivity index (χ2v) is 9.87. The maximum atomic E-state index is 12.9. The average Bonchev–Trinajstić information content (AvgIpc) is 3.46. The lowest BCUT2D eigenvalue weighted by Gasteiger charge is -2.23. The van der Waals surface area contributed by atoms with Crippen molar-refractivity contribution in [2.75, 3.05) is 7.05 Å². The molecule has 0 bridgehead atoms. The van der Waals surface area contributed by atoms with Crippen molar-refractivity contribution in [2.45, 2.75) is 24.4 Å². The smallest absolute Gasteiger partial charge is 0.254 e. The molecular weight excluding hydrogens is 434 g/mol. The molecule has 9 heteroatoms. The molecule has 1 N–H and O–H groups in total. The van der Waals surface area contributed by atoms with E-state index in [0.717, 1.165) is 15.2 Å². The molecule has 1 amide bonds. The molecule has 7 nitrogen and oxygen atoms in total. The van der Waals surface area contributed by atoms with Gasteiger partial charge in [-0.1, -0.05) is 12.1 Å². The number of fused-ring (bicyclic) bond motifs is 1. The highest BCUT2D eigenvalue weighted by Gasteiger charge is 2.22. The highest BCUT2D eigenvalue weighted by atomic mass is 32.2. The summed E-state index contributed by atoms with van der Waals surface area (Å²) in [6.45, 7) is 1.98. The number of benzene rings is 2. The zero-order valence-corrected chi connectivity index (χ0v) is 18.6. The minimum absolute atomic E-state index is 0.0540. The average molecular weight is 456 g/mol. The van der Waals surface area contributed by atoms with E-state index >= 15 is 0 Å². The summed E-state index contributed by atoms with van der Waals surface area (Å²) >= 11 is 1.56. The van der Waals surface area contributed by atoms with Gasteiger partial charge in [0.05, 0.1) is 34.0 Å². The van der Waals surface area contributed by atoms with Crippen LogP contribution in [0.2, 0.25) is 0 Å². The van der Waals surface area contributed by atoms with Crippen LogP contribution in [-0.2, 0) is 16.6 Å². The normalized spacial score (nSPS) is 12.7. The summed E-state index contributed by atoms with van der Waals surface area (Å²) in [5, 5.41) is 0.846. The Hall–Kier alpha value is -3.01. The van der Waals surface area contributed by atoms with Crippen LogP contribution in [0, 0.1) is 0 Å². The lowest BCUT2D eigenvalue weighted by Crippen LogP contribution is -2.29. The lowest BCUT2D eigenvalue weighted by atomic mass is 10.2.